The van der Waals surface area contributed by atoms with E-state index in [4.69, 9.17) is 0 Å². The van der Waals surface area contributed by atoms with Crippen molar-refractivity contribution in [1.29, 1.82) is 0 Å². The molecule has 0 aromatic heterocycles. The second-order valence-electron chi connectivity index (χ2n) is 7.69. The number of carbonyl (C=O) groups is 1. The number of likely N-dealkylation sites (N-methyl/N-ethyl adjacent to an activating group) is 1. The molecule has 0 bridgehead atoms. The van der Waals surface area contributed by atoms with E-state index in [0.29, 0.717) is 6.42 Å². The molecule has 1 aliphatic carbocycles. The van der Waals surface area contributed by atoms with Gasteiger partial charge < -0.3 is 15.1 Å². The third-order valence-electron chi connectivity index (χ3n) is 5.84. The van der Waals surface area contributed by atoms with Crippen molar-refractivity contribution in [3.8, 4) is 0 Å². The van der Waals surface area contributed by atoms with Gasteiger partial charge in [0.2, 0.25) is 5.91 Å². The van der Waals surface area contributed by atoms with Gasteiger partial charge in [0.1, 0.15) is 0 Å². The summed E-state index contributed by atoms with van der Waals surface area (Å²) in [4.78, 5) is 16.8. The summed E-state index contributed by atoms with van der Waals surface area (Å²) < 4.78 is 0. The maximum Gasteiger partial charge on any atom is 0.220 e. The zero-order valence-electron chi connectivity index (χ0n) is 15.3. The largest absolute Gasteiger partial charge is 0.349 e. The van der Waals surface area contributed by atoms with Crippen LogP contribution in [0.3, 0.4) is 0 Å². The molecule has 132 valence electrons. The van der Waals surface area contributed by atoms with Crippen LogP contribution in [-0.2, 0) is 10.2 Å². The van der Waals surface area contributed by atoms with E-state index in [2.05, 4.69) is 53.5 Å². The summed E-state index contributed by atoms with van der Waals surface area (Å²) in [5.41, 5.74) is 3.09. The Bertz CT molecular complexity index is 576. The van der Waals surface area contributed by atoms with Gasteiger partial charge in [0.15, 0.2) is 0 Å². The van der Waals surface area contributed by atoms with Crippen molar-refractivity contribution in [2.75, 3.05) is 40.3 Å². The highest BCUT2D eigenvalue weighted by Gasteiger charge is 2.45. The lowest BCUT2D eigenvalue weighted by Gasteiger charge is -2.40. The minimum absolute atomic E-state index is 0.162. The molecule has 1 amide bonds. The number of amides is 1. The van der Waals surface area contributed by atoms with Gasteiger partial charge in [-0.3, -0.25) is 4.79 Å². The summed E-state index contributed by atoms with van der Waals surface area (Å²) >= 11 is 0. The standard InChI is InChI=1S/C20H31N3O/c1-4-19(24)21-18-15-20(17-8-6-5-7-16(17)18)9-11-23(12-10-20)14-13-22(2)3/h5-8,18H,4,9-15H2,1-3H3,(H,21,24). The van der Waals surface area contributed by atoms with Crippen LogP contribution in [0.1, 0.15) is 49.8 Å². The highest BCUT2D eigenvalue weighted by Crippen LogP contribution is 2.50. The minimum Gasteiger partial charge on any atom is -0.349 e. The van der Waals surface area contributed by atoms with Gasteiger partial charge in [-0.05, 0) is 57.6 Å². The quantitative estimate of drug-likeness (QED) is 0.902. The van der Waals surface area contributed by atoms with Gasteiger partial charge in [-0.2, -0.15) is 0 Å². The minimum atomic E-state index is 0.162. The van der Waals surface area contributed by atoms with E-state index in [9.17, 15) is 4.79 Å². The average Bonchev–Trinajstić information content (AvgIpc) is 2.88. The normalized spacial score (nSPS) is 22.8. The van der Waals surface area contributed by atoms with Gasteiger partial charge in [-0.25, -0.2) is 0 Å². The molecule has 1 fully saturated rings. The monoisotopic (exact) mass is 329 g/mol. The molecule has 1 N–H and O–H groups in total. The summed E-state index contributed by atoms with van der Waals surface area (Å²) in [6.07, 6.45) is 4.04. The van der Waals surface area contributed by atoms with E-state index >= 15 is 0 Å². The first-order chi connectivity index (χ1) is 11.5. The Morgan fingerprint density at radius 1 is 1.29 bits per heavy atom. The molecule has 24 heavy (non-hydrogen) atoms. The number of likely N-dealkylation sites (tertiary alicyclic amines) is 1. The SMILES string of the molecule is CCC(=O)NC1CC2(CCN(CCN(C)C)CC2)c2ccccc21. The molecular weight excluding hydrogens is 298 g/mol. The summed E-state index contributed by atoms with van der Waals surface area (Å²) in [5.74, 6) is 0.162. The maximum absolute atomic E-state index is 11.9. The van der Waals surface area contributed by atoms with E-state index in [0.717, 1.165) is 32.6 Å². The Kier molecular flexibility index (Phi) is 5.26. The maximum atomic E-state index is 11.9. The number of hydrogen-bond acceptors (Lipinski definition) is 3. The van der Waals surface area contributed by atoms with Crippen molar-refractivity contribution in [3.05, 3.63) is 35.4 Å². The van der Waals surface area contributed by atoms with Gasteiger partial charge in [0.25, 0.3) is 0 Å². The van der Waals surface area contributed by atoms with Gasteiger partial charge in [-0.15, -0.1) is 0 Å². The number of fused-ring (bicyclic) bond motifs is 2. The highest BCUT2D eigenvalue weighted by atomic mass is 16.1. The fraction of sp³-hybridized carbons (Fsp3) is 0.650. The van der Waals surface area contributed by atoms with Gasteiger partial charge in [0, 0.05) is 24.9 Å². The first-order valence-electron chi connectivity index (χ1n) is 9.30. The zero-order chi connectivity index (χ0) is 17.2. The molecule has 4 nitrogen and oxygen atoms in total. The van der Waals surface area contributed by atoms with E-state index in [-0.39, 0.29) is 17.4 Å². The Balaban J connectivity index is 1.72. The molecule has 1 aliphatic heterocycles. The Morgan fingerprint density at radius 2 is 2.00 bits per heavy atom. The van der Waals surface area contributed by atoms with Crippen molar-refractivity contribution >= 4 is 5.91 Å². The molecule has 0 saturated carbocycles. The van der Waals surface area contributed by atoms with Crippen LogP contribution < -0.4 is 5.32 Å². The third-order valence-corrected chi connectivity index (χ3v) is 5.84. The van der Waals surface area contributed by atoms with Crippen LogP contribution in [0, 0.1) is 0 Å². The molecule has 2 aliphatic rings. The van der Waals surface area contributed by atoms with Crippen LogP contribution in [-0.4, -0.2) is 56.0 Å². The average molecular weight is 329 g/mol. The molecule has 1 atom stereocenters. The van der Waals surface area contributed by atoms with E-state index in [1.165, 1.54) is 24.0 Å². The van der Waals surface area contributed by atoms with Crippen LogP contribution in [0.25, 0.3) is 0 Å². The van der Waals surface area contributed by atoms with Crippen LogP contribution in [0.5, 0.6) is 0 Å². The lowest BCUT2D eigenvalue weighted by atomic mass is 9.73. The molecular formula is C20H31N3O. The van der Waals surface area contributed by atoms with Crippen molar-refractivity contribution in [1.82, 2.24) is 15.1 Å². The summed E-state index contributed by atoms with van der Waals surface area (Å²) in [6, 6.07) is 8.96. The second-order valence-corrected chi connectivity index (χ2v) is 7.69. The zero-order valence-corrected chi connectivity index (χ0v) is 15.3. The number of hydrogen-bond donors (Lipinski definition) is 1. The number of piperidine rings is 1. The van der Waals surface area contributed by atoms with E-state index in [1.54, 1.807) is 0 Å². The number of nitrogens with one attached hydrogen (secondary N) is 1. The fourth-order valence-electron chi connectivity index (χ4n) is 4.34. The number of rotatable bonds is 5. The van der Waals surface area contributed by atoms with Gasteiger partial charge in [0.05, 0.1) is 6.04 Å². The molecule has 0 radical (unpaired) electrons. The van der Waals surface area contributed by atoms with Crippen molar-refractivity contribution in [2.45, 2.75) is 44.1 Å². The molecule has 1 heterocycles. The molecule has 4 heteroatoms. The molecule has 1 spiro atoms. The lowest BCUT2D eigenvalue weighted by Crippen LogP contribution is -2.44. The van der Waals surface area contributed by atoms with Crippen LogP contribution in [0.15, 0.2) is 24.3 Å². The number of nitrogens with zero attached hydrogens (tertiary/aromatic N) is 2. The van der Waals surface area contributed by atoms with Gasteiger partial charge >= 0.3 is 0 Å². The Labute approximate surface area is 146 Å². The Hall–Kier alpha value is -1.39. The topological polar surface area (TPSA) is 35.6 Å². The predicted octanol–water partition coefficient (Wildman–Crippen LogP) is 2.55. The summed E-state index contributed by atoms with van der Waals surface area (Å²) in [7, 11) is 4.28. The van der Waals surface area contributed by atoms with E-state index in [1.807, 2.05) is 6.92 Å². The Morgan fingerprint density at radius 3 is 2.67 bits per heavy atom. The third kappa shape index (κ3) is 3.50. The van der Waals surface area contributed by atoms with Crippen molar-refractivity contribution < 1.29 is 4.79 Å². The first kappa shape index (κ1) is 17.4. The molecule has 1 aromatic carbocycles. The molecule has 1 aromatic rings. The predicted molar refractivity (Wildman–Crippen MR) is 98.1 cm³/mol. The number of benzene rings is 1. The van der Waals surface area contributed by atoms with Crippen LogP contribution in [0.4, 0.5) is 0 Å². The molecule has 3 rings (SSSR count). The second kappa shape index (κ2) is 7.24. The van der Waals surface area contributed by atoms with Gasteiger partial charge in [-0.1, -0.05) is 31.2 Å². The first-order valence-corrected chi connectivity index (χ1v) is 9.30. The van der Waals surface area contributed by atoms with Crippen molar-refractivity contribution in [3.63, 3.8) is 0 Å². The molecule has 1 saturated heterocycles. The summed E-state index contributed by atoms with van der Waals surface area (Å²) in [5, 5.41) is 3.25. The summed E-state index contributed by atoms with van der Waals surface area (Å²) in [6.45, 7) is 6.53. The van der Waals surface area contributed by atoms with Crippen molar-refractivity contribution in [2.24, 2.45) is 0 Å². The van der Waals surface area contributed by atoms with E-state index < -0.39 is 0 Å². The fourth-order valence-corrected chi connectivity index (χ4v) is 4.34. The smallest absolute Gasteiger partial charge is 0.220 e. The molecule has 1 unspecified atom stereocenters. The highest BCUT2D eigenvalue weighted by molar-refractivity contribution is 5.76. The van der Waals surface area contributed by atoms with Crippen LogP contribution in [0.2, 0.25) is 0 Å². The number of carbonyl (C=O) groups excluding carboxylic acids is 1. The lowest BCUT2D eigenvalue weighted by molar-refractivity contribution is -0.121. The van der Waals surface area contributed by atoms with Crippen LogP contribution >= 0.6 is 0 Å².